The second-order valence-corrected chi connectivity index (χ2v) is 3.90. The van der Waals surface area contributed by atoms with Crippen molar-refractivity contribution in [2.75, 3.05) is 0 Å². The van der Waals surface area contributed by atoms with E-state index in [1.807, 2.05) is 0 Å². The van der Waals surface area contributed by atoms with Gasteiger partial charge in [0.1, 0.15) is 0 Å². The number of rotatable bonds is 1. The summed E-state index contributed by atoms with van der Waals surface area (Å²) >= 11 is 14.4. The van der Waals surface area contributed by atoms with Crippen LogP contribution in [-0.2, 0) is 0 Å². The van der Waals surface area contributed by atoms with E-state index in [9.17, 15) is 4.79 Å². The second kappa shape index (κ2) is 7.01. The minimum atomic E-state index is -0.879. The van der Waals surface area contributed by atoms with Crippen molar-refractivity contribution in [2.24, 2.45) is 0 Å². The summed E-state index contributed by atoms with van der Waals surface area (Å²) in [6.45, 7) is 0. The Morgan fingerprint density at radius 2 is 1.54 bits per heavy atom. The van der Waals surface area contributed by atoms with Gasteiger partial charge >= 0.3 is 5.97 Å². The van der Waals surface area contributed by atoms with Gasteiger partial charge in [-0.05, 0) is 12.1 Å². The van der Waals surface area contributed by atoms with Gasteiger partial charge in [0, 0.05) is 0 Å². The summed E-state index contributed by atoms with van der Waals surface area (Å²) in [7, 11) is 0. The van der Waals surface area contributed by atoms with Crippen LogP contribution in [0.4, 0.5) is 0 Å². The SMILES string of the molecule is ClC(Cl)Cl.O=C(O)c1ccccc1. The average Bonchev–Trinajstić information content (AvgIpc) is 2.05. The van der Waals surface area contributed by atoms with Crippen LogP contribution in [0.5, 0.6) is 0 Å². The highest BCUT2D eigenvalue weighted by atomic mass is 35.6. The van der Waals surface area contributed by atoms with E-state index < -0.39 is 10.3 Å². The van der Waals surface area contributed by atoms with Crippen LogP contribution in [0, 0.1) is 0 Å². The van der Waals surface area contributed by atoms with Crippen LogP contribution in [0.1, 0.15) is 10.4 Å². The van der Waals surface area contributed by atoms with Gasteiger partial charge in [0.25, 0.3) is 0 Å². The predicted octanol–water partition coefficient (Wildman–Crippen LogP) is 3.37. The van der Waals surface area contributed by atoms with Crippen LogP contribution in [0.15, 0.2) is 30.3 Å². The summed E-state index contributed by atoms with van der Waals surface area (Å²) in [4.78, 5) is 10.2. The lowest BCUT2D eigenvalue weighted by Crippen LogP contribution is -1.93. The molecule has 0 spiro atoms. The van der Waals surface area contributed by atoms with Crippen molar-refractivity contribution in [3.05, 3.63) is 35.9 Å². The van der Waals surface area contributed by atoms with Crippen molar-refractivity contribution in [1.29, 1.82) is 0 Å². The highest BCUT2D eigenvalue weighted by Gasteiger charge is 1.96. The molecule has 0 aromatic heterocycles. The van der Waals surface area contributed by atoms with Gasteiger partial charge in [0.2, 0.25) is 0 Å². The minimum Gasteiger partial charge on any atom is -0.478 e. The molecule has 1 aromatic carbocycles. The fraction of sp³-hybridized carbons (Fsp3) is 0.125. The molecule has 0 bridgehead atoms. The Hall–Kier alpha value is -0.440. The molecule has 2 nitrogen and oxygen atoms in total. The van der Waals surface area contributed by atoms with Gasteiger partial charge in [0.05, 0.1) is 5.56 Å². The number of carbonyl (C=O) groups is 1. The lowest BCUT2D eigenvalue weighted by molar-refractivity contribution is 0.0697. The fourth-order valence-electron chi connectivity index (χ4n) is 0.581. The van der Waals surface area contributed by atoms with Gasteiger partial charge in [-0.1, -0.05) is 53.0 Å². The molecule has 0 aliphatic rings. The van der Waals surface area contributed by atoms with Gasteiger partial charge in [-0.15, -0.1) is 0 Å². The zero-order valence-corrected chi connectivity index (χ0v) is 8.72. The number of halogens is 3. The molecular formula is C8H7Cl3O2. The monoisotopic (exact) mass is 240 g/mol. The van der Waals surface area contributed by atoms with Crippen LogP contribution >= 0.6 is 34.8 Å². The number of alkyl halides is 3. The standard InChI is InChI=1S/C7H6O2.CHCl3/c8-7(9)6-4-2-1-3-5-6;2-1(3)4/h1-5H,(H,8,9);1H. The van der Waals surface area contributed by atoms with Crippen molar-refractivity contribution < 1.29 is 9.90 Å². The average molecular weight is 242 g/mol. The maximum Gasteiger partial charge on any atom is 0.335 e. The zero-order valence-electron chi connectivity index (χ0n) is 6.45. The maximum atomic E-state index is 10.2. The molecule has 0 atom stereocenters. The zero-order chi connectivity index (χ0) is 10.3. The molecule has 72 valence electrons. The van der Waals surface area contributed by atoms with E-state index in [4.69, 9.17) is 39.9 Å². The van der Waals surface area contributed by atoms with Crippen LogP contribution in [0.3, 0.4) is 0 Å². The van der Waals surface area contributed by atoms with E-state index >= 15 is 0 Å². The third-order valence-electron chi connectivity index (χ3n) is 1.02. The van der Waals surface area contributed by atoms with Crippen LogP contribution in [-0.4, -0.2) is 15.4 Å². The molecular weight excluding hydrogens is 234 g/mol. The summed E-state index contributed by atoms with van der Waals surface area (Å²) in [5.41, 5.74) is 0.331. The summed E-state index contributed by atoms with van der Waals surface area (Å²) in [6.07, 6.45) is 0. The summed E-state index contributed by atoms with van der Waals surface area (Å²) < 4.78 is -0.750. The van der Waals surface area contributed by atoms with Crippen LogP contribution in [0.2, 0.25) is 0 Å². The minimum absolute atomic E-state index is 0.331. The first kappa shape index (κ1) is 12.6. The lowest BCUT2D eigenvalue weighted by Gasteiger charge is -1.88. The Labute approximate surface area is 91.0 Å². The molecule has 5 heteroatoms. The lowest BCUT2D eigenvalue weighted by atomic mass is 10.2. The van der Waals surface area contributed by atoms with Gasteiger partial charge in [-0.25, -0.2) is 4.79 Å². The normalized spacial score (nSPS) is 8.92. The Morgan fingerprint density at radius 3 is 1.77 bits per heavy atom. The first-order chi connectivity index (χ1) is 6.04. The highest BCUT2D eigenvalue weighted by Crippen LogP contribution is 2.03. The summed E-state index contributed by atoms with van der Waals surface area (Å²) in [5.74, 6) is -0.879. The van der Waals surface area contributed by atoms with Crippen LogP contribution in [0.25, 0.3) is 0 Å². The number of carboxylic acids is 1. The molecule has 0 unspecified atom stereocenters. The number of benzene rings is 1. The van der Waals surface area contributed by atoms with Gasteiger partial charge in [-0.3, -0.25) is 0 Å². The Kier molecular flexibility index (Phi) is 6.77. The van der Waals surface area contributed by atoms with Crippen LogP contribution < -0.4 is 0 Å². The van der Waals surface area contributed by atoms with Crippen molar-refractivity contribution in [3.63, 3.8) is 0 Å². The molecule has 13 heavy (non-hydrogen) atoms. The molecule has 0 amide bonds. The second-order valence-electron chi connectivity index (χ2n) is 1.92. The molecule has 0 aliphatic carbocycles. The van der Waals surface area contributed by atoms with Gasteiger partial charge in [-0.2, -0.15) is 0 Å². The fourth-order valence-corrected chi connectivity index (χ4v) is 0.581. The topological polar surface area (TPSA) is 37.3 Å². The van der Waals surface area contributed by atoms with Crippen molar-refractivity contribution in [1.82, 2.24) is 0 Å². The summed E-state index contributed by atoms with van der Waals surface area (Å²) in [6, 6.07) is 8.30. The van der Waals surface area contributed by atoms with E-state index in [-0.39, 0.29) is 0 Å². The quantitative estimate of drug-likeness (QED) is 0.766. The molecule has 0 aliphatic heterocycles. The Balaban J connectivity index is 0.000000310. The highest BCUT2D eigenvalue weighted by molar-refractivity contribution is 6.63. The van der Waals surface area contributed by atoms with Crippen molar-refractivity contribution in [2.45, 2.75) is 4.30 Å². The van der Waals surface area contributed by atoms with E-state index in [0.29, 0.717) is 5.56 Å². The molecule has 1 N–H and O–H groups in total. The number of hydrogen-bond acceptors (Lipinski definition) is 1. The smallest absolute Gasteiger partial charge is 0.335 e. The predicted molar refractivity (Wildman–Crippen MR) is 54.7 cm³/mol. The molecule has 1 aromatic rings. The Morgan fingerprint density at radius 1 is 1.15 bits per heavy atom. The molecule has 1 rings (SSSR count). The van der Waals surface area contributed by atoms with E-state index in [0.717, 1.165) is 0 Å². The first-order valence-corrected chi connectivity index (χ1v) is 4.55. The molecule has 0 saturated heterocycles. The third-order valence-corrected chi connectivity index (χ3v) is 1.02. The Bertz CT molecular complexity index is 246. The van der Waals surface area contributed by atoms with E-state index in [2.05, 4.69) is 0 Å². The largest absolute Gasteiger partial charge is 0.478 e. The molecule has 0 heterocycles. The van der Waals surface area contributed by atoms with Gasteiger partial charge < -0.3 is 5.11 Å². The van der Waals surface area contributed by atoms with E-state index in [1.54, 1.807) is 30.3 Å². The maximum absolute atomic E-state index is 10.2. The van der Waals surface area contributed by atoms with Gasteiger partial charge in [0.15, 0.2) is 4.30 Å². The van der Waals surface area contributed by atoms with Crippen molar-refractivity contribution >= 4 is 40.8 Å². The number of carboxylic acid groups (broad SMARTS) is 1. The first-order valence-electron chi connectivity index (χ1n) is 3.24. The third kappa shape index (κ3) is 7.91. The number of hydrogen-bond donors (Lipinski definition) is 1. The summed E-state index contributed by atoms with van der Waals surface area (Å²) in [5, 5.41) is 8.38. The van der Waals surface area contributed by atoms with E-state index in [1.165, 1.54) is 0 Å². The number of aromatic carboxylic acids is 1. The van der Waals surface area contributed by atoms with Crippen molar-refractivity contribution in [3.8, 4) is 0 Å². The molecule has 0 radical (unpaired) electrons. The molecule has 0 saturated carbocycles. The molecule has 0 fully saturated rings.